The van der Waals surface area contributed by atoms with Gasteiger partial charge in [0.25, 0.3) is 0 Å². The maximum Gasteiger partial charge on any atom is 0.125 e. The maximum atomic E-state index is 5.84. The number of hydrogen-bond acceptors (Lipinski definition) is 3. The van der Waals surface area contributed by atoms with Gasteiger partial charge < -0.3 is 5.73 Å². The van der Waals surface area contributed by atoms with E-state index in [0.717, 1.165) is 26.2 Å². The second-order valence-corrected chi connectivity index (χ2v) is 6.11. The van der Waals surface area contributed by atoms with E-state index in [0.29, 0.717) is 0 Å². The van der Waals surface area contributed by atoms with Gasteiger partial charge in [0.05, 0.1) is 10.2 Å². The van der Waals surface area contributed by atoms with Crippen molar-refractivity contribution >= 4 is 43.2 Å². The normalized spacial score (nSPS) is 11.0. The fourth-order valence-corrected chi connectivity index (χ4v) is 3.40. The second-order valence-electron chi connectivity index (χ2n) is 4.23. The standard InChI is InChI=1S/C14H11BrN2S/c1-8-2-5-13-12(6-8)17-14(18-13)10-7-9(16)3-4-11(10)15/h2-7H,16H2,1H3. The molecule has 0 atom stereocenters. The molecular formula is C14H11BrN2S. The highest BCUT2D eigenvalue weighted by Gasteiger charge is 2.09. The number of aromatic nitrogens is 1. The Morgan fingerprint density at radius 2 is 2.00 bits per heavy atom. The van der Waals surface area contributed by atoms with Crippen molar-refractivity contribution in [2.45, 2.75) is 6.92 Å². The lowest BCUT2D eigenvalue weighted by atomic mass is 10.2. The molecule has 0 aliphatic carbocycles. The van der Waals surface area contributed by atoms with Gasteiger partial charge in [-0.3, -0.25) is 0 Å². The lowest BCUT2D eigenvalue weighted by Crippen LogP contribution is -1.86. The first-order valence-electron chi connectivity index (χ1n) is 5.56. The number of anilines is 1. The molecule has 1 heterocycles. The summed E-state index contributed by atoms with van der Waals surface area (Å²) < 4.78 is 2.22. The van der Waals surface area contributed by atoms with Gasteiger partial charge in [0.1, 0.15) is 5.01 Å². The molecule has 1 aromatic heterocycles. The Bertz CT molecular complexity index is 734. The van der Waals surface area contributed by atoms with E-state index in [9.17, 15) is 0 Å². The van der Waals surface area contributed by atoms with Gasteiger partial charge in [0, 0.05) is 15.7 Å². The number of rotatable bonds is 1. The molecule has 0 saturated carbocycles. The van der Waals surface area contributed by atoms with Crippen LogP contribution in [-0.4, -0.2) is 4.98 Å². The van der Waals surface area contributed by atoms with E-state index in [1.54, 1.807) is 11.3 Å². The number of nitrogen functional groups attached to an aromatic ring is 1. The number of hydrogen-bond donors (Lipinski definition) is 1. The summed E-state index contributed by atoms with van der Waals surface area (Å²) in [7, 11) is 0. The van der Waals surface area contributed by atoms with Gasteiger partial charge in [-0.2, -0.15) is 0 Å². The number of benzene rings is 2. The molecule has 18 heavy (non-hydrogen) atoms. The third kappa shape index (κ3) is 2.02. The average molecular weight is 319 g/mol. The molecule has 3 aromatic rings. The second kappa shape index (κ2) is 4.37. The van der Waals surface area contributed by atoms with Crippen LogP contribution in [0.5, 0.6) is 0 Å². The number of fused-ring (bicyclic) bond motifs is 1. The van der Waals surface area contributed by atoms with Crippen LogP contribution in [-0.2, 0) is 0 Å². The van der Waals surface area contributed by atoms with Gasteiger partial charge in [-0.05, 0) is 42.8 Å². The molecule has 0 aliphatic rings. The number of nitrogens with two attached hydrogens (primary N) is 1. The van der Waals surface area contributed by atoms with E-state index in [1.807, 2.05) is 18.2 Å². The predicted octanol–water partition coefficient (Wildman–Crippen LogP) is 4.62. The third-order valence-electron chi connectivity index (χ3n) is 2.76. The fraction of sp³-hybridized carbons (Fsp3) is 0.0714. The van der Waals surface area contributed by atoms with Gasteiger partial charge in [0.15, 0.2) is 0 Å². The van der Waals surface area contributed by atoms with Crippen LogP contribution in [0.4, 0.5) is 5.69 Å². The van der Waals surface area contributed by atoms with Crippen LogP contribution in [0.15, 0.2) is 40.9 Å². The van der Waals surface area contributed by atoms with Gasteiger partial charge in [-0.25, -0.2) is 4.98 Å². The maximum absolute atomic E-state index is 5.84. The number of aryl methyl sites for hydroxylation is 1. The lowest BCUT2D eigenvalue weighted by Gasteiger charge is -2.01. The van der Waals surface area contributed by atoms with Crippen LogP contribution in [0.1, 0.15) is 5.56 Å². The summed E-state index contributed by atoms with van der Waals surface area (Å²) >= 11 is 5.24. The first-order valence-corrected chi connectivity index (χ1v) is 7.17. The molecule has 0 unspecified atom stereocenters. The van der Waals surface area contributed by atoms with E-state index in [1.165, 1.54) is 10.3 Å². The van der Waals surface area contributed by atoms with Crippen molar-refractivity contribution in [2.75, 3.05) is 5.73 Å². The Balaban J connectivity index is 2.22. The quantitative estimate of drug-likeness (QED) is 0.665. The topological polar surface area (TPSA) is 38.9 Å². The minimum absolute atomic E-state index is 0.753. The first kappa shape index (κ1) is 11.7. The first-order chi connectivity index (χ1) is 8.63. The summed E-state index contributed by atoms with van der Waals surface area (Å²) in [5.41, 5.74) is 9.92. The zero-order chi connectivity index (χ0) is 12.7. The van der Waals surface area contributed by atoms with Gasteiger partial charge in [-0.15, -0.1) is 11.3 Å². The summed E-state index contributed by atoms with van der Waals surface area (Å²) in [5.74, 6) is 0. The van der Waals surface area contributed by atoms with Gasteiger partial charge in [0.2, 0.25) is 0 Å². The van der Waals surface area contributed by atoms with E-state index in [2.05, 4.69) is 46.0 Å². The van der Waals surface area contributed by atoms with Gasteiger partial charge >= 0.3 is 0 Å². The molecular weight excluding hydrogens is 308 g/mol. The van der Waals surface area contributed by atoms with E-state index >= 15 is 0 Å². The molecule has 2 nitrogen and oxygen atoms in total. The van der Waals surface area contributed by atoms with Crippen LogP contribution in [0.25, 0.3) is 20.8 Å². The molecule has 2 N–H and O–H groups in total. The Kier molecular flexibility index (Phi) is 2.84. The summed E-state index contributed by atoms with van der Waals surface area (Å²) in [6.07, 6.45) is 0. The van der Waals surface area contributed by atoms with E-state index in [4.69, 9.17) is 5.73 Å². The lowest BCUT2D eigenvalue weighted by molar-refractivity contribution is 1.43. The smallest absolute Gasteiger partial charge is 0.125 e. The zero-order valence-corrected chi connectivity index (χ0v) is 12.2. The molecule has 3 rings (SSSR count). The third-order valence-corrected chi connectivity index (χ3v) is 4.53. The van der Waals surface area contributed by atoms with Crippen molar-refractivity contribution in [1.29, 1.82) is 0 Å². The van der Waals surface area contributed by atoms with Crippen LogP contribution >= 0.6 is 27.3 Å². The predicted molar refractivity (Wildman–Crippen MR) is 81.9 cm³/mol. The van der Waals surface area contributed by atoms with Crippen molar-refractivity contribution in [1.82, 2.24) is 4.98 Å². The molecule has 0 amide bonds. The number of nitrogens with zero attached hydrogens (tertiary/aromatic N) is 1. The van der Waals surface area contributed by atoms with Crippen molar-refractivity contribution in [3.8, 4) is 10.6 Å². The van der Waals surface area contributed by atoms with E-state index in [-0.39, 0.29) is 0 Å². The molecule has 2 aromatic carbocycles. The summed E-state index contributed by atoms with van der Waals surface area (Å²) in [5, 5.41) is 0.995. The van der Waals surface area contributed by atoms with Crippen LogP contribution < -0.4 is 5.73 Å². The molecule has 90 valence electrons. The summed E-state index contributed by atoms with van der Waals surface area (Å²) in [6.45, 7) is 2.08. The molecule has 0 spiro atoms. The van der Waals surface area contributed by atoms with Crippen LogP contribution in [0.2, 0.25) is 0 Å². The average Bonchev–Trinajstić information content (AvgIpc) is 2.74. The summed E-state index contributed by atoms with van der Waals surface area (Å²) in [4.78, 5) is 4.68. The Hall–Kier alpha value is -1.39. The minimum atomic E-state index is 0.753. The molecule has 0 saturated heterocycles. The van der Waals surface area contributed by atoms with Crippen molar-refractivity contribution < 1.29 is 0 Å². The molecule has 4 heteroatoms. The van der Waals surface area contributed by atoms with Crippen molar-refractivity contribution in [3.05, 3.63) is 46.4 Å². The monoisotopic (exact) mass is 318 g/mol. The van der Waals surface area contributed by atoms with Crippen LogP contribution in [0.3, 0.4) is 0 Å². The minimum Gasteiger partial charge on any atom is -0.399 e. The summed E-state index contributed by atoms with van der Waals surface area (Å²) in [6, 6.07) is 12.1. The SMILES string of the molecule is Cc1ccc2sc(-c3cc(N)ccc3Br)nc2c1. The Morgan fingerprint density at radius 3 is 2.83 bits per heavy atom. The van der Waals surface area contributed by atoms with E-state index < -0.39 is 0 Å². The fourth-order valence-electron chi connectivity index (χ4n) is 1.86. The molecule has 0 radical (unpaired) electrons. The molecule has 0 aliphatic heterocycles. The largest absolute Gasteiger partial charge is 0.399 e. The number of thiazole rings is 1. The molecule has 0 bridgehead atoms. The van der Waals surface area contributed by atoms with Crippen molar-refractivity contribution in [2.24, 2.45) is 0 Å². The molecule has 0 fully saturated rings. The van der Waals surface area contributed by atoms with Crippen LogP contribution in [0, 0.1) is 6.92 Å². The Labute approximate surface area is 118 Å². The number of halogens is 1. The highest BCUT2D eigenvalue weighted by Crippen LogP contribution is 2.35. The van der Waals surface area contributed by atoms with Crippen molar-refractivity contribution in [3.63, 3.8) is 0 Å². The highest BCUT2D eigenvalue weighted by molar-refractivity contribution is 9.10. The highest BCUT2D eigenvalue weighted by atomic mass is 79.9. The zero-order valence-electron chi connectivity index (χ0n) is 9.77. The van der Waals surface area contributed by atoms with Gasteiger partial charge in [-0.1, -0.05) is 22.0 Å². The Morgan fingerprint density at radius 1 is 1.17 bits per heavy atom.